The van der Waals surface area contributed by atoms with Crippen molar-refractivity contribution in [2.45, 2.75) is 12.9 Å². The Morgan fingerprint density at radius 2 is 1.88 bits per heavy atom. The summed E-state index contributed by atoms with van der Waals surface area (Å²) in [5.41, 5.74) is 0. The summed E-state index contributed by atoms with van der Waals surface area (Å²) < 4.78 is 0.0927. The third-order valence-corrected chi connectivity index (χ3v) is 1.92. The summed E-state index contributed by atoms with van der Waals surface area (Å²) in [7, 11) is 0. The minimum atomic E-state index is -2.64. The van der Waals surface area contributed by atoms with Crippen molar-refractivity contribution in [3.63, 3.8) is 0 Å². The average Bonchev–Trinajstić information content (AvgIpc) is 1.62. The van der Waals surface area contributed by atoms with Gasteiger partial charge < -0.3 is 15.3 Å². The highest BCUT2D eigenvalue weighted by Gasteiger charge is 2.20. The number of aliphatic hydroxyl groups is 3. The standard InChI is InChI=1S/C4H7IO3/c1-2-3(5)4(6,7)8/h2,6-8H,1H3. The van der Waals surface area contributed by atoms with Crippen LogP contribution in [-0.4, -0.2) is 21.3 Å². The topological polar surface area (TPSA) is 60.7 Å². The molecule has 0 amide bonds. The van der Waals surface area contributed by atoms with Crippen LogP contribution in [0.3, 0.4) is 0 Å². The van der Waals surface area contributed by atoms with Gasteiger partial charge in [0.05, 0.1) is 3.58 Å². The largest absolute Gasteiger partial charge is 0.339 e. The van der Waals surface area contributed by atoms with Crippen LogP contribution in [0, 0.1) is 0 Å². The number of hydrogen-bond donors (Lipinski definition) is 3. The Labute approximate surface area is 60.8 Å². The first-order chi connectivity index (χ1) is 3.48. The normalized spacial score (nSPS) is 14.4. The second kappa shape index (κ2) is 2.77. The van der Waals surface area contributed by atoms with Crippen LogP contribution in [0.25, 0.3) is 0 Å². The van der Waals surface area contributed by atoms with Gasteiger partial charge in [-0.05, 0) is 29.5 Å². The molecule has 0 spiro atoms. The summed E-state index contributed by atoms with van der Waals surface area (Å²) >= 11 is 1.62. The van der Waals surface area contributed by atoms with Crippen molar-refractivity contribution in [1.82, 2.24) is 0 Å². The lowest BCUT2D eigenvalue weighted by Crippen LogP contribution is -2.26. The van der Waals surface area contributed by atoms with Crippen LogP contribution >= 0.6 is 22.6 Å². The smallest absolute Gasteiger partial charge is 0.310 e. The maximum Gasteiger partial charge on any atom is 0.310 e. The fourth-order valence-electron chi connectivity index (χ4n) is 0.194. The van der Waals surface area contributed by atoms with Crippen molar-refractivity contribution < 1.29 is 15.3 Å². The van der Waals surface area contributed by atoms with E-state index in [9.17, 15) is 0 Å². The molecule has 3 N–H and O–H groups in total. The van der Waals surface area contributed by atoms with Crippen molar-refractivity contribution >= 4 is 22.6 Å². The number of hydrogen-bond acceptors (Lipinski definition) is 3. The molecular formula is C4H7IO3. The van der Waals surface area contributed by atoms with E-state index < -0.39 is 5.97 Å². The molecule has 0 rings (SSSR count). The van der Waals surface area contributed by atoms with E-state index in [2.05, 4.69) is 0 Å². The lowest BCUT2D eigenvalue weighted by molar-refractivity contribution is -0.274. The lowest BCUT2D eigenvalue weighted by atomic mass is 10.5. The van der Waals surface area contributed by atoms with E-state index in [-0.39, 0.29) is 3.58 Å². The van der Waals surface area contributed by atoms with Crippen molar-refractivity contribution in [2.24, 2.45) is 0 Å². The molecule has 0 unspecified atom stereocenters. The van der Waals surface area contributed by atoms with Gasteiger partial charge in [0, 0.05) is 0 Å². The molecule has 0 bridgehead atoms. The molecule has 0 heterocycles. The van der Waals surface area contributed by atoms with Crippen molar-refractivity contribution in [2.75, 3.05) is 0 Å². The molecule has 0 aliphatic carbocycles. The summed E-state index contributed by atoms with van der Waals surface area (Å²) in [5, 5.41) is 25.0. The summed E-state index contributed by atoms with van der Waals surface area (Å²) in [4.78, 5) is 0. The predicted octanol–water partition coefficient (Wildman–Crippen LogP) is -0.0441. The first kappa shape index (κ1) is 8.35. The van der Waals surface area contributed by atoms with Gasteiger partial charge in [-0.3, -0.25) is 0 Å². The molecular weight excluding hydrogens is 223 g/mol. The van der Waals surface area contributed by atoms with E-state index in [4.69, 9.17) is 15.3 Å². The van der Waals surface area contributed by atoms with Gasteiger partial charge in [-0.2, -0.15) is 0 Å². The van der Waals surface area contributed by atoms with Crippen LogP contribution in [0.4, 0.5) is 0 Å². The molecule has 48 valence electrons. The van der Waals surface area contributed by atoms with Crippen LogP contribution in [0.15, 0.2) is 9.66 Å². The first-order valence-electron chi connectivity index (χ1n) is 1.98. The molecule has 0 aromatic carbocycles. The molecule has 0 atom stereocenters. The van der Waals surface area contributed by atoms with E-state index >= 15 is 0 Å². The van der Waals surface area contributed by atoms with Gasteiger partial charge in [-0.15, -0.1) is 0 Å². The molecule has 0 aromatic heterocycles. The van der Waals surface area contributed by atoms with E-state index in [1.807, 2.05) is 0 Å². The Morgan fingerprint density at radius 3 is 1.88 bits per heavy atom. The average molecular weight is 230 g/mol. The van der Waals surface area contributed by atoms with E-state index in [0.717, 1.165) is 0 Å². The highest BCUT2D eigenvalue weighted by Crippen LogP contribution is 2.16. The fraction of sp³-hybridized carbons (Fsp3) is 0.500. The van der Waals surface area contributed by atoms with Gasteiger partial charge in [-0.1, -0.05) is 6.08 Å². The van der Waals surface area contributed by atoms with E-state index in [1.54, 1.807) is 29.5 Å². The number of allylic oxidation sites excluding steroid dienone is 1. The monoisotopic (exact) mass is 230 g/mol. The molecule has 0 saturated heterocycles. The first-order valence-corrected chi connectivity index (χ1v) is 3.05. The molecule has 0 aliphatic heterocycles. The van der Waals surface area contributed by atoms with Gasteiger partial charge >= 0.3 is 5.97 Å². The molecule has 0 saturated carbocycles. The van der Waals surface area contributed by atoms with E-state index in [0.29, 0.717) is 0 Å². The third-order valence-electron chi connectivity index (χ3n) is 0.574. The van der Waals surface area contributed by atoms with Crippen LogP contribution in [0.2, 0.25) is 0 Å². The molecule has 3 nitrogen and oxygen atoms in total. The van der Waals surface area contributed by atoms with Crippen LogP contribution in [-0.2, 0) is 0 Å². The second-order valence-corrected chi connectivity index (χ2v) is 2.43. The van der Waals surface area contributed by atoms with Gasteiger partial charge in [0.15, 0.2) is 0 Å². The van der Waals surface area contributed by atoms with Crippen molar-refractivity contribution in [3.05, 3.63) is 9.66 Å². The number of rotatable bonds is 1. The van der Waals surface area contributed by atoms with Crippen LogP contribution in [0.1, 0.15) is 6.92 Å². The van der Waals surface area contributed by atoms with Gasteiger partial charge in [-0.25, -0.2) is 0 Å². The van der Waals surface area contributed by atoms with E-state index in [1.165, 1.54) is 6.08 Å². The molecule has 0 fully saturated rings. The Kier molecular flexibility index (Phi) is 2.89. The molecule has 8 heavy (non-hydrogen) atoms. The maximum absolute atomic E-state index is 8.32. The van der Waals surface area contributed by atoms with Crippen LogP contribution < -0.4 is 0 Å². The Balaban J connectivity index is 4.03. The summed E-state index contributed by atoms with van der Waals surface area (Å²) in [6.45, 7) is 1.60. The molecule has 4 heteroatoms. The van der Waals surface area contributed by atoms with Crippen LogP contribution in [0.5, 0.6) is 0 Å². The second-order valence-electron chi connectivity index (χ2n) is 1.27. The van der Waals surface area contributed by atoms with Crippen molar-refractivity contribution in [1.29, 1.82) is 0 Å². The zero-order valence-electron chi connectivity index (χ0n) is 4.30. The Bertz CT molecular complexity index is 102. The van der Waals surface area contributed by atoms with Gasteiger partial charge in [0.2, 0.25) is 0 Å². The van der Waals surface area contributed by atoms with Crippen molar-refractivity contribution in [3.8, 4) is 0 Å². The quantitative estimate of drug-likeness (QED) is 0.437. The molecule has 0 aliphatic rings. The summed E-state index contributed by atoms with van der Waals surface area (Å²) in [6.07, 6.45) is 1.40. The minimum Gasteiger partial charge on any atom is -0.339 e. The Hall–Kier alpha value is 0.350. The fourth-order valence-corrected chi connectivity index (χ4v) is 0.194. The Morgan fingerprint density at radius 1 is 1.50 bits per heavy atom. The molecule has 0 radical (unpaired) electrons. The van der Waals surface area contributed by atoms with Gasteiger partial charge in [0.1, 0.15) is 0 Å². The lowest BCUT2D eigenvalue weighted by Gasteiger charge is -2.11. The predicted molar refractivity (Wildman–Crippen MR) is 37.2 cm³/mol. The zero-order chi connectivity index (χ0) is 6.78. The summed E-state index contributed by atoms with van der Waals surface area (Å²) in [6, 6.07) is 0. The summed E-state index contributed by atoms with van der Waals surface area (Å²) in [5.74, 6) is -2.64. The van der Waals surface area contributed by atoms with Gasteiger partial charge in [0.25, 0.3) is 0 Å². The minimum absolute atomic E-state index is 0.0927. The SMILES string of the molecule is CC=C(I)C(O)(O)O. The highest BCUT2D eigenvalue weighted by atomic mass is 127. The third kappa shape index (κ3) is 2.61. The molecule has 0 aromatic rings. The maximum atomic E-state index is 8.32. The highest BCUT2D eigenvalue weighted by molar-refractivity contribution is 14.1. The zero-order valence-corrected chi connectivity index (χ0v) is 6.45. The number of halogens is 1.